The average molecular weight is 300 g/mol. The number of rotatable bonds is 2. The summed E-state index contributed by atoms with van der Waals surface area (Å²) in [6.45, 7) is 4.17. The average Bonchev–Trinajstić information content (AvgIpc) is 2.22. The van der Waals surface area contributed by atoms with Gasteiger partial charge in [0.1, 0.15) is 5.82 Å². The quantitative estimate of drug-likeness (QED) is 0.885. The van der Waals surface area contributed by atoms with E-state index in [-0.39, 0.29) is 0 Å². The van der Waals surface area contributed by atoms with Crippen molar-refractivity contribution in [1.82, 2.24) is 4.98 Å². The monoisotopic (exact) mass is 298 g/mol. The van der Waals surface area contributed by atoms with Crippen LogP contribution in [0.25, 0.3) is 10.8 Å². The summed E-state index contributed by atoms with van der Waals surface area (Å²) in [6, 6.07) is 6.18. The lowest BCUT2D eigenvalue weighted by atomic mass is 10.1. The molecule has 0 bridgehead atoms. The fraction of sp³-hybridized carbons (Fsp3) is 0.250. The van der Waals surface area contributed by atoms with Crippen molar-refractivity contribution in [3.05, 3.63) is 33.9 Å². The van der Waals surface area contributed by atoms with E-state index in [2.05, 4.69) is 40.1 Å². The Kier molecular flexibility index (Phi) is 3.36. The molecule has 1 aromatic heterocycles. The van der Waals surface area contributed by atoms with E-state index in [1.165, 1.54) is 0 Å². The van der Waals surface area contributed by atoms with E-state index in [0.29, 0.717) is 6.04 Å². The van der Waals surface area contributed by atoms with Crippen LogP contribution in [0, 0.1) is 0 Å². The predicted octanol–water partition coefficient (Wildman–Crippen LogP) is 4.47. The zero-order valence-electron chi connectivity index (χ0n) is 9.09. The van der Waals surface area contributed by atoms with Crippen LogP contribution in [0.2, 0.25) is 5.02 Å². The summed E-state index contributed by atoms with van der Waals surface area (Å²) < 4.78 is 0.919. The summed E-state index contributed by atoms with van der Waals surface area (Å²) in [7, 11) is 0. The van der Waals surface area contributed by atoms with Gasteiger partial charge >= 0.3 is 0 Å². The smallest absolute Gasteiger partial charge is 0.134 e. The molecule has 0 amide bonds. The van der Waals surface area contributed by atoms with Crippen LogP contribution in [0.3, 0.4) is 0 Å². The van der Waals surface area contributed by atoms with E-state index in [1.807, 2.05) is 18.2 Å². The van der Waals surface area contributed by atoms with Gasteiger partial charge in [-0.2, -0.15) is 0 Å². The molecule has 0 aliphatic carbocycles. The third-order valence-corrected chi connectivity index (χ3v) is 3.16. The Bertz CT molecular complexity index is 517. The topological polar surface area (TPSA) is 24.9 Å². The third-order valence-electron chi connectivity index (χ3n) is 2.24. The van der Waals surface area contributed by atoms with Crippen molar-refractivity contribution >= 4 is 44.1 Å². The number of nitrogens with one attached hydrogen (secondary N) is 1. The molecule has 1 aromatic carbocycles. The standard InChI is InChI=1S/C12H12BrClN2/c1-7(2)16-12-8-4-3-5-10(14)11(8)9(13)6-15-12/h3-7H,1-2H3,(H,15,16). The largest absolute Gasteiger partial charge is 0.367 e. The predicted molar refractivity (Wildman–Crippen MR) is 73.2 cm³/mol. The molecule has 0 saturated heterocycles. The summed E-state index contributed by atoms with van der Waals surface area (Å²) >= 11 is 9.66. The minimum absolute atomic E-state index is 0.343. The maximum absolute atomic E-state index is 6.19. The molecule has 2 aromatic rings. The SMILES string of the molecule is CC(C)Nc1ncc(Br)c2c(Cl)cccc12. The van der Waals surface area contributed by atoms with Crippen molar-refractivity contribution < 1.29 is 0 Å². The zero-order chi connectivity index (χ0) is 11.7. The van der Waals surface area contributed by atoms with Gasteiger partial charge in [0.15, 0.2) is 0 Å². The number of fused-ring (bicyclic) bond motifs is 1. The zero-order valence-corrected chi connectivity index (χ0v) is 11.4. The van der Waals surface area contributed by atoms with Gasteiger partial charge in [0.25, 0.3) is 0 Å². The fourth-order valence-electron chi connectivity index (χ4n) is 1.61. The number of anilines is 1. The molecule has 0 spiro atoms. The van der Waals surface area contributed by atoms with Crippen molar-refractivity contribution in [2.75, 3.05) is 5.32 Å². The van der Waals surface area contributed by atoms with Gasteiger partial charge in [-0.1, -0.05) is 23.7 Å². The first-order chi connectivity index (χ1) is 7.59. The lowest BCUT2D eigenvalue weighted by Gasteiger charge is -2.13. The highest BCUT2D eigenvalue weighted by atomic mass is 79.9. The highest BCUT2D eigenvalue weighted by Crippen LogP contribution is 2.33. The van der Waals surface area contributed by atoms with Crippen LogP contribution in [0.5, 0.6) is 0 Å². The van der Waals surface area contributed by atoms with Crippen LogP contribution in [-0.4, -0.2) is 11.0 Å². The third kappa shape index (κ3) is 2.15. The molecule has 0 saturated carbocycles. The summed E-state index contributed by atoms with van der Waals surface area (Å²) in [5, 5.41) is 6.09. The minimum atomic E-state index is 0.343. The molecule has 0 radical (unpaired) electrons. The number of hydrogen-bond donors (Lipinski definition) is 1. The van der Waals surface area contributed by atoms with Crippen molar-refractivity contribution in [2.24, 2.45) is 0 Å². The van der Waals surface area contributed by atoms with E-state index in [1.54, 1.807) is 6.20 Å². The fourth-order valence-corrected chi connectivity index (χ4v) is 2.53. The van der Waals surface area contributed by atoms with E-state index >= 15 is 0 Å². The number of aromatic nitrogens is 1. The molecule has 0 fully saturated rings. The lowest BCUT2D eigenvalue weighted by molar-refractivity contribution is 0.892. The van der Waals surface area contributed by atoms with E-state index in [4.69, 9.17) is 11.6 Å². The first kappa shape index (κ1) is 11.7. The Balaban J connectivity index is 2.69. The van der Waals surface area contributed by atoms with E-state index < -0.39 is 0 Å². The highest BCUT2D eigenvalue weighted by Gasteiger charge is 2.09. The van der Waals surface area contributed by atoms with Crippen LogP contribution < -0.4 is 5.32 Å². The molecule has 2 nitrogen and oxygen atoms in total. The van der Waals surface area contributed by atoms with Gasteiger partial charge in [0, 0.05) is 32.5 Å². The summed E-state index contributed by atoms with van der Waals surface area (Å²) in [6.07, 6.45) is 1.78. The van der Waals surface area contributed by atoms with Gasteiger partial charge in [-0.25, -0.2) is 4.98 Å². The Morgan fingerprint density at radius 1 is 1.38 bits per heavy atom. The van der Waals surface area contributed by atoms with Crippen molar-refractivity contribution in [3.8, 4) is 0 Å². The molecular weight excluding hydrogens is 288 g/mol. The molecule has 0 aliphatic heterocycles. The van der Waals surface area contributed by atoms with E-state index in [9.17, 15) is 0 Å². The van der Waals surface area contributed by atoms with Crippen LogP contribution in [0.1, 0.15) is 13.8 Å². The number of benzene rings is 1. The molecule has 0 unspecified atom stereocenters. The van der Waals surface area contributed by atoms with Gasteiger partial charge in [-0.15, -0.1) is 0 Å². The number of hydrogen-bond acceptors (Lipinski definition) is 2. The van der Waals surface area contributed by atoms with Crippen LogP contribution in [-0.2, 0) is 0 Å². The molecular formula is C12H12BrClN2. The van der Waals surface area contributed by atoms with Crippen molar-refractivity contribution in [1.29, 1.82) is 0 Å². The second kappa shape index (κ2) is 4.60. The number of halogens is 2. The van der Waals surface area contributed by atoms with Gasteiger partial charge in [-0.3, -0.25) is 0 Å². The second-order valence-electron chi connectivity index (χ2n) is 3.92. The molecule has 0 aliphatic rings. The lowest BCUT2D eigenvalue weighted by Crippen LogP contribution is -2.11. The van der Waals surface area contributed by atoms with Gasteiger partial charge in [0.05, 0.1) is 0 Å². The Hall–Kier alpha value is -0.800. The normalized spacial score (nSPS) is 11.1. The number of pyridine rings is 1. The Morgan fingerprint density at radius 2 is 2.12 bits per heavy atom. The Morgan fingerprint density at radius 3 is 2.81 bits per heavy atom. The summed E-state index contributed by atoms with van der Waals surface area (Å²) in [5.74, 6) is 0.871. The Labute approximate surface area is 108 Å². The summed E-state index contributed by atoms with van der Waals surface area (Å²) in [5.41, 5.74) is 0. The maximum Gasteiger partial charge on any atom is 0.134 e. The minimum Gasteiger partial charge on any atom is -0.367 e. The molecule has 4 heteroatoms. The molecule has 84 valence electrons. The van der Waals surface area contributed by atoms with Gasteiger partial charge in [0.2, 0.25) is 0 Å². The molecule has 0 atom stereocenters. The van der Waals surface area contributed by atoms with E-state index in [0.717, 1.165) is 26.1 Å². The number of nitrogens with zero attached hydrogens (tertiary/aromatic N) is 1. The molecule has 1 heterocycles. The van der Waals surface area contributed by atoms with Crippen LogP contribution in [0.4, 0.5) is 5.82 Å². The second-order valence-corrected chi connectivity index (χ2v) is 5.18. The van der Waals surface area contributed by atoms with Gasteiger partial charge in [-0.05, 0) is 35.8 Å². The highest BCUT2D eigenvalue weighted by molar-refractivity contribution is 9.10. The first-order valence-electron chi connectivity index (χ1n) is 5.09. The van der Waals surface area contributed by atoms with Crippen LogP contribution >= 0.6 is 27.5 Å². The maximum atomic E-state index is 6.19. The molecule has 2 rings (SSSR count). The molecule has 16 heavy (non-hydrogen) atoms. The summed E-state index contributed by atoms with van der Waals surface area (Å²) in [4.78, 5) is 4.37. The van der Waals surface area contributed by atoms with Crippen molar-refractivity contribution in [2.45, 2.75) is 19.9 Å². The van der Waals surface area contributed by atoms with Crippen LogP contribution in [0.15, 0.2) is 28.9 Å². The van der Waals surface area contributed by atoms with Crippen molar-refractivity contribution in [3.63, 3.8) is 0 Å². The van der Waals surface area contributed by atoms with Gasteiger partial charge < -0.3 is 5.32 Å². The molecule has 1 N–H and O–H groups in total. The first-order valence-corrected chi connectivity index (χ1v) is 6.26.